The second-order valence-electron chi connectivity index (χ2n) is 10.2. The summed E-state index contributed by atoms with van der Waals surface area (Å²) in [5.74, 6) is -1.65. The number of carbonyl (C=O) groups excluding carboxylic acids is 2. The Morgan fingerprint density at radius 1 is 1.00 bits per heavy atom. The zero-order valence-corrected chi connectivity index (χ0v) is 22.3. The van der Waals surface area contributed by atoms with Gasteiger partial charge < -0.3 is 4.74 Å². The van der Waals surface area contributed by atoms with Gasteiger partial charge in [-0.15, -0.1) is 0 Å². The lowest BCUT2D eigenvalue weighted by molar-refractivity contribution is -0.126. The predicted molar refractivity (Wildman–Crippen MR) is 143 cm³/mol. The molecule has 0 saturated carbocycles. The van der Waals surface area contributed by atoms with Crippen molar-refractivity contribution < 1.29 is 23.1 Å². The second-order valence-corrected chi connectivity index (χ2v) is 10.6. The van der Waals surface area contributed by atoms with E-state index in [1.807, 2.05) is 27.7 Å². The fraction of sp³-hybridized carbons (Fsp3) is 0.267. The Kier molecular flexibility index (Phi) is 7.88. The molecule has 0 aliphatic heterocycles. The summed E-state index contributed by atoms with van der Waals surface area (Å²) in [6, 6.07) is 12.6. The quantitative estimate of drug-likeness (QED) is 0.216. The summed E-state index contributed by atoms with van der Waals surface area (Å²) in [6.45, 7) is 7.24. The van der Waals surface area contributed by atoms with Gasteiger partial charge in [-0.2, -0.15) is 0 Å². The topological polar surface area (TPSA) is 69.2 Å². The van der Waals surface area contributed by atoms with Crippen molar-refractivity contribution in [3.8, 4) is 11.6 Å². The van der Waals surface area contributed by atoms with Crippen LogP contribution in [0.1, 0.15) is 54.2 Å². The number of fused-ring (bicyclic) bond motifs is 1. The average Bonchev–Trinajstić information content (AvgIpc) is 2.85. The maximum absolute atomic E-state index is 15.4. The molecule has 0 spiro atoms. The maximum atomic E-state index is 15.4. The van der Waals surface area contributed by atoms with Crippen molar-refractivity contribution in [1.29, 1.82) is 0 Å². The van der Waals surface area contributed by atoms with Crippen molar-refractivity contribution in [2.45, 2.75) is 47.0 Å². The molecule has 0 amide bonds. The van der Waals surface area contributed by atoms with Crippen LogP contribution < -0.4 is 4.74 Å². The van der Waals surface area contributed by atoms with Crippen LogP contribution in [-0.2, 0) is 17.6 Å². The van der Waals surface area contributed by atoms with Crippen molar-refractivity contribution in [3.05, 3.63) is 93.8 Å². The largest absolute Gasteiger partial charge is 0.435 e. The van der Waals surface area contributed by atoms with E-state index in [0.717, 1.165) is 5.56 Å². The van der Waals surface area contributed by atoms with E-state index in [2.05, 4.69) is 9.97 Å². The molecular weight excluding hydrogens is 510 g/mol. The average molecular weight is 537 g/mol. The summed E-state index contributed by atoms with van der Waals surface area (Å²) >= 11 is 6.25. The van der Waals surface area contributed by atoms with Gasteiger partial charge in [0, 0.05) is 18.3 Å². The zero-order chi connectivity index (χ0) is 27.6. The monoisotopic (exact) mass is 536 g/mol. The molecule has 1 heterocycles. The van der Waals surface area contributed by atoms with Crippen LogP contribution >= 0.6 is 11.6 Å². The first-order valence-corrected chi connectivity index (χ1v) is 12.5. The summed E-state index contributed by atoms with van der Waals surface area (Å²) in [4.78, 5) is 34.1. The van der Waals surface area contributed by atoms with E-state index >= 15 is 4.39 Å². The van der Waals surface area contributed by atoms with Crippen molar-refractivity contribution in [3.63, 3.8) is 0 Å². The Balaban J connectivity index is 1.63. The number of ketones is 2. The molecule has 0 N–H and O–H groups in total. The van der Waals surface area contributed by atoms with Crippen LogP contribution in [0.4, 0.5) is 8.78 Å². The number of carbonyl (C=O) groups is 2. The van der Waals surface area contributed by atoms with E-state index in [-0.39, 0.29) is 52.8 Å². The predicted octanol–water partition coefficient (Wildman–Crippen LogP) is 7.64. The van der Waals surface area contributed by atoms with Crippen LogP contribution in [0.2, 0.25) is 5.02 Å². The Labute approximate surface area is 224 Å². The standard InChI is InChI=1S/C30H27ClF2N2O3/c1-17-8-12-22(32)24(14-17)38-29-20-7-5-6-19(28(20)34-16-35-29)15-23(36)26-21(31)11-9-18(27(26)33)10-13-25(37)30(2,3)4/h5-9,11-12,14,16H,10,13,15H2,1-4H3. The SMILES string of the molecule is Cc1ccc(F)c(Oc2ncnc3c(CC(=O)c4c(Cl)ccc(CCC(=O)C(C)(C)C)c4F)cccc23)c1. The van der Waals surface area contributed by atoms with Crippen molar-refractivity contribution >= 4 is 34.1 Å². The molecular formula is C30H27ClF2N2O3. The molecule has 0 aliphatic carbocycles. The summed E-state index contributed by atoms with van der Waals surface area (Å²) in [6.07, 6.45) is 1.39. The summed E-state index contributed by atoms with van der Waals surface area (Å²) in [7, 11) is 0. The number of aryl methyl sites for hydroxylation is 2. The second kappa shape index (κ2) is 11.0. The summed E-state index contributed by atoms with van der Waals surface area (Å²) in [5.41, 5.74) is 1.24. The van der Waals surface area contributed by atoms with Crippen LogP contribution in [-0.4, -0.2) is 21.5 Å². The highest BCUT2D eigenvalue weighted by Crippen LogP contribution is 2.32. The Morgan fingerprint density at radius 2 is 1.76 bits per heavy atom. The molecule has 196 valence electrons. The fourth-order valence-corrected chi connectivity index (χ4v) is 4.32. The maximum Gasteiger partial charge on any atom is 0.230 e. The lowest BCUT2D eigenvalue weighted by atomic mass is 9.87. The molecule has 0 unspecified atom stereocenters. The highest BCUT2D eigenvalue weighted by atomic mass is 35.5. The molecule has 0 fully saturated rings. The van der Waals surface area contributed by atoms with E-state index in [4.69, 9.17) is 16.3 Å². The minimum absolute atomic E-state index is 0.00117. The van der Waals surface area contributed by atoms with Crippen LogP contribution in [0.25, 0.3) is 10.9 Å². The van der Waals surface area contributed by atoms with Crippen LogP contribution in [0.3, 0.4) is 0 Å². The van der Waals surface area contributed by atoms with Gasteiger partial charge >= 0.3 is 0 Å². The summed E-state index contributed by atoms with van der Waals surface area (Å²) in [5, 5.41) is 0.465. The molecule has 0 saturated heterocycles. The molecule has 8 heteroatoms. The van der Waals surface area contributed by atoms with Gasteiger partial charge in [-0.25, -0.2) is 18.7 Å². The fourth-order valence-electron chi connectivity index (χ4n) is 4.07. The lowest BCUT2D eigenvalue weighted by Gasteiger charge is -2.17. The molecule has 1 aromatic heterocycles. The molecule has 38 heavy (non-hydrogen) atoms. The molecule has 5 nitrogen and oxygen atoms in total. The number of hydrogen-bond acceptors (Lipinski definition) is 5. The van der Waals surface area contributed by atoms with Crippen molar-refractivity contribution in [2.75, 3.05) is 0 Å². The van der Waals surface area contributed by atoms with Gasteiger partial charge in [0.05, 0.1) is 21.5 Å². The number of aromatic nitrogens is 2. The van der Waals surface area contributed by atoms with E-state index in [1.165, 1.54) is 24.5 Å². The molecule has 0 bridgehead atoms. The van der Waals surface area contributed by atoms with Gasteiger partial charge in [-0.3, -0.25) is 9.59 Å². The van der Waals surface area contributed by atoms with Gasteiger partial charge in [-0.05, 0) is 54.3 Å². The minimum atomic E-state index is -0.724. The summed E-state index contributed by atoms with van der Waals surface area (Å²) < 4.78 is 35.5. The van der Waals surface area contributed by atoms with E-state index in [0.29, 0.717) is 16.5 Å². The van der Waals surface area contributed by atoms with Crippen molar-refractivity contribution in [2.24, 2.45) is 5.41 Å². The number of nitrogens with zero attached hydrogens (tertiary/aromatic N) is 2. The molecule has 4 aromatic rings. The Morgan fingerprint density at radius 3 is 2.50 bits per heavy atom. The van der Waals surface area contributed by atoms with Gasteiger partial charge in [0.2, 0.25) is 5.88 Å². The zero-order valence-electron chi connectivity index (χ0n) is 21.6. The minimum Gasteiger partial charge on any atom is -0.435 e. The molecule has 0 radical (unpaired) electrons. The number of para-hydroxylation sites is 1. The highest BCUT2D eigenvalue weighted by molar-refractivity contribution is 6.34. The molecule has 4 rings (SSSR count). The van der Waals surface area contributed by atoms with Crippen LogP contribution in [0, 0.1) is 24.0 Å². The molecule has 0 atom stereocenters. The highest BCUT2D eigenvalue weighted by Gasteiger charge is 2.24. The molecule has 0 aliphatic rings. The third-order valence-corrected chi connectivity index (χ3v) is 6.58. The number of Topliss-reactive ketones (excluding diaryl/α,β-unsaturated/α-hetero) is 2. The number of hydrogen-bond donors (Lipinski definition) is 0. The van der Waals surface area contributed by atoms with Gasteiger partial charge in [0.1, 0.15) is 17.9 Å². The first-order valence-electron chi connectivity index (χ1n) is 12.2. The molecule has 3 aromatic carbocycles. The number of ether oxygens (including phenoxy) is 1. The number of rotatable bonds is 8. The first-order chi connectivity index (χ1) is 18.0. The van der Waals surface area contributed by atoms with Gasteiger partial charge in [0.25, 0.3) is 0 Å². The van der Waals surface area contributed by atoms with E-state index < -0.39 is 22.8 Å². The number of halogens is 3. The van der Waals surface area contributed by atoms with Crippen LogP contribution in [0.15, 0.2) is 54.9 Å². The normalized spacial score (nSPS) is 11.6. The van der Waals surface area contributed by atoms with E-state index in [1.54, 1.807) is 30.3 Å². The third-order valence-electron chi connectivity index (χ3n) is 6.26. The Bertz CT molecular complexity index is 1550. The Hall–Kier alpha value is -3.71. The smallest absolute Gasteiger partial charge is 0.230 e. The number of benzene rings is 3. The third kappa shape index (κ3) is 5.89. The van der Waals surface area contributed by atoms with Crippen LogP contribution in [0.5, 0.6) is 11.6 Å². The van der Waals surface area contributed by atoms with Crippen molar-refractivity contribution in [1.82, 2.24) is 9.97 Å². The van der Waals surface area contributed by atoms with E-state index in [9.17, 15) is 14.0 Å². The van der Waals surface area contributed by atoms with Gasteiger partial charge in [0.15, 0.2) is 17.3 Å². The lowest BCUT2D eigenvalue weighted by Crippen LogP contribution is -2.20. The van der Waals surface area contributed by atoms with Gasteiger partial charge in [-0.1, -0.05) is 56.6 Å². The first kappa shape index (κ1) is 27.3.